The first-order valence-electron chi connectivity index (χ1n) is 10.6. The number of nitrogens with one attached hydrogen (secondary N) is 1. The predicted molar refractivity (Wildman–Crippen MR) is 132 cm³/mol. The molecule has 0 saturated carbocycles. The van der Waals surface area contributed by atoms with Gasteiger partial charge in [0.05, 0.1) is 32.7 Å². The highest BCUT2D eigenvalue weighted by Gasteiger charge is 2.17. The van der Waals surface area contributed by atoms with Gasteiger partial charge < -0.3 is 15.3 Å². The first kappa shape index (κ1) is 21.7. The second-order valence-electron chi connectivity index (χ2n) is 7.97. The quantitative estimate of drug-likeness (QED) is 0.435. The predicted octanol–water partition coefficient (Wildman–Crippen LogP) is 4.79. The lowest BCUT2D eigenvalue weighted by atomic mass is 10.1. The van der Waals surface area contributed by atoms with E-state index in [1.165, 1.54) is 17.1 Å². The van der Waals surface area contributed by atoms with Crippen LogP contribution >= 0.6 is 23.2 Å². The standard InChI is InChI=1S/C24H21Cl2N5O2/c25-19-2-1-3-20(26)23(19)31-14-28-21-12-22(27-13-18(21)24(31)33)29-15-4-6-16(7-5-15)30-10-8-17(32)9-11-30/h1-7,12-14,17,32H,8-11H2,(H,27,29). The zero-order valence-corrected chi connectivity index (χ0v) is 19.1. The molecule has 0 radical (unpaired) electrons. The number of rotatable bonds is 4. The van der Waals surface area contributed by atoms with Crippen LogP contribution in [0.4, 0.5) is 17.2 Å². The van der Waals surface area contributed by atoms with Gasteiger partial charge in [0.25, 0.3) is 5.56 Å². The Morgan fingerprint density at radius 2 is 1.70 bits per heavy atom. The van der Waals surface area contributed by atoms with E-state index in [0.717, 1.165) is 37.3 Å². The van der Waals surface area contributed by atoms with Crippen LogP contribution in [0.1, 0.15) is 12.8 Å². The van der Waals surface area contributed by atoms with Gasteiger partial charge in [0.2, 0.25) is 0 Å². The third-order valence-electron chi connectivity index (χ3n) is 5.79. The second-order valence-corrected chi connectivity index (χ2v) is 8.78. The molecule has 1 fully saturated rings. The van der Waals surface area contributed by atoms with Crippen molar-refractivity contribution in [1.82, 2.24) is 14.5 Å². The van der Waals surface area contributed by atoms with Gasteiger partial charge in [0.1, 0.15) is 12.1 Å². The molecule has 1 aliphatic heterocycles. The van der Waals surface area contributed by atoms with Crippen molar-refractivity contribution in [2.24, 2.45) is 0 Å². The minimum Gasteiger partial charge on any atom is -0.393 e. The Balaban J connectivity index is 1.38. The third-order valence-corrected chi connectivity index (χ3v) is 6.40. The van der Waals surface area contributed by atoms with E-state index in [2.05, 4.69) is 20.2 Å². The minimum absolute atomic E-state index is 0.194. The number of benzene rings is 2. The molecule has 2 N–H and O–H groups in total. The Bertz CT molecular complexity index is 1350. The van der Waals surface area contributed by atoms with Crippen LogP contribution in [-0.2, 0) is 0 Å². The van der Waals surface area contributed by atoms with Gasteiger partial charge in [-0.3, -0.25) is 9.36 Å². The molecule has 168 valence electrons. The summed E-state index contributed by atoms with van der Waals surface area (Å²) < 4.78 is 1.33. The monoisotopic (exact) mass is 481 g/mol. The van der Waals surface area contributed by atoms with Crippen LogP contribution in [0.25, 0.3) is 16.6 Å². The van der Waals surface area contributed by atoms with Crippen molar-refractivity contribution >= 4 is 51.3 Å². The largest absolute Gasteiger partial charge is 0.393 e. The summed E-state index contributed by atoms with van der Waals surface area (Å²) in [5.74, 6) is 0.580. The minimum atomic E-state index is -0.301. The van der Waals surface area contributed by atoms with Gasteiger partial charge in [-0.15, -0.1) is 0 Å². The normalized spacial score (nSPS) is 14.6. The number of fused-ring (bicyclic) bond motifs is 1. The lowest BCUT2D eigenvalue weighted by Crippen LogP contribution is -2.35. The Morgan fingerprint density at radius 1 is 1.00 bits per heavy atom. The first-order chi connectivity index (χ1) is 16.0. The van der Waals surface area contributed by atoms with Crippen molar-refractivity contribution in [3.05, 3.63) is 81.5 Å². The van der Waals surface area contributed by atoms with Crippen LogP contribution in [0.2, 0.25) is 10.0 Å². The summed E-state index contributed by atoms with van der Waals surface area (Å²) >= 11 is 12.5. The maximum Gasteiger partial charge on any atom is 0.267 e. The van der Waals surface area contributed by atoms with Crippen LogP contribution in [0.5, 0.6) is 0 Å². The number of piperidine rings is 1. The van der Waals surface area contributed by atoms with Gasteiger partial charge in [-0.25, -0.2) is 9.97 Å². The fourth-order valence-electron chi connectivity index (χ4n) is 3.99. The number of aliphatic hydroxyl groups is 1. The Labute approximate surface area is 200 Å². The van der Waals surface area contributed by atoms with Crippen molar-refractivity contribution in [3.8, 4) is 5.69 Å². The molecule has 4 aromatic rings. The molecule has 2 aromatic heterocycles. The molecule has 0 spiro atoms. The number of hydrogen-bond acceptors (Lipinski definition) is 6. The molecule has 0 aliphatic carbocycles. The molecule has 33 heavy (non-hydrogen) atoms. The summed E-state index contributed by atoms with van der Waals surface area (Å²) in [7, 11) is 0. The fourth-order valence-corrected chi connectivity index (χ4v) is 4.57. The van der Waals surface area contributed by atoms with Crippen molar-refractivity contribution in [2.45, 2.75) is 18.9 Å². The summed E-state index contributed by atoms with van der Waals surface area (Å²) in [6.45, 7) is 1.70. The molecule has 1 saturated heterocycles. The summed E-state index contributed by atoms with van der Waals surface area (Å²) in [5.41, 5.74) is 2.61. The van der Waals surface area contributed by atoms with Crippen LogP contribution in [-0.4, -0.2) is 38.8 Å². The summed E-state index contributed by atoms with van der Waals surface area (Å²) in [6, 6.07) is 14.9. The Kier molecular flexibility index (Phi) is 5.93. The molecular weight excluding hydrogens is 461 g/mol. The summed E-state index contributed by atoms with van der Waals surface area (Å²) in [4.78, 5) is 24.1. The molecule has 1 aliphatic rings. The highest BCUT2D eigenvalue weighted by atomic mass is 35.5. The van der Waals surface area contributed by atoms with Crippen LogP contribution in [0.15, 0.2) is 65.8 Å². The molecule has 0 atom stereocenters. The molecule has 9 heteroatoms. The van der Waals surface area contributed by atoms with Gasteiger partial charge in [0.15, 0.2) is 0 Å². The van der Waals surface area contributed by atoms with Crippen LogP contribution in [0, 0.1) is 0 Å². The van der Waals surface area contributed by atoms with E-state index >= 15 is 0 Å². The molecule has 0 bridgehead atoms. The molecule has 0 amide bonds. The first-order valence-corrected chi connectivity index (χ1v) is 11.4. The number of hydrogen-bond donors (Lipinski definition) is 2. The van der Waals surface area contributed by atoms with E-state index in [1.54, 1.807) is 24.3 Å². The lowest BCUT2D eigenvalue weighted by molar-refractivity contribution is 0.145. The van der Waals surface area contributed by atoms with Gasteiger partial charge >= 0.3 is 0 Å². The van der Waals surface area contributed by atoms with E-state index in [-0.39, 0.29) is 11.7 Å². The average Bonchev–Trinajstić information content (AvgIpc) is 2.81. The van der Waals surface area contributed by atoms with E-state index in [4.69, 9.17) is 23.2 Å². The Morgan fingerprint density at radius 3 is 2.39 bits per heavy atom. The summed E-state index contributed by atoms with van der Waals surface area (Å²) in [5, 5.41) is 14.0. The number of anilines is 3. The average molecular weight is 482 g/mol. The molecule has 3 heterocycles. The fraction of sp³-hybridized carbons (Fsp3) is 0.208. The maximum absolute atomic E-state index is 13.0. The highest BCUT2D eigenvalue weighted by Crippen LogP contribution is 2.28. The molecule has 2 aromatic carbocycles. The molecule has 7 nitrogen and oxygen atoms in total. The number of halogens is 2. The number of aromatic nitrogens is 3. The number of aliphatic hydroxyl groups excluding tert-OH is 1. The molecule has 0 unspecified atom stereocenters. The summed E-state index contributed by atoms with van der Waals surface area (Å²) in [6.07, 6.45) is 4.31. The molecule has 5 rings (SSSR count). The van der Waals surface area contributed by atoms with E-state index in [9.17, 15) is 9.90 Å². The van der Waals surface area contributed by atoms with Crippen LogP contribution in [0.3, 0.4) is 0 Å². The van der Waals surface area contributed by atoms with Gasteiger partial charge in [-0.1, -0.05) is 29.3 Å². The third kappa shape index (κ3) is 4.39. The number of pyridine rings is 1. The van der Waals surface area contributed by atoms with E-state index in [0.29, 0.717) is 32.5 Å². The smallest absolute Gasteiger partial charge is 0.267 e. The zero-order chi connectivity index (χ0) is 22.9. The van der Waals surface area contributed by atoms with Crippen molar-refractivity contribution in [3.63, 3.8) is 0 Å². The maximum atomic E-state index is 13.0. The number of para-hydroxylation sites is 1. The second kappa shape index (κ2) is 9.02. The van der Waals surface area contributed by atoms with E-state index < -0.39 is 0 Å². The SMILES string of the molecule is O=c1c2cnc(Nc3ccc(N4CCC(O)CC4)cc3)cc2ncn1-c1c(Cl)cccc1Cl. The highest BCUT2D eigenvalue weighted by molar-refractivity contribution is 6.37. The topological polar surface area (TPSA) is 83.3 Å². The lowest BCUT2D eigenvalue weighted by Gasteiger charge is -2.31. The van der Waals surface area contributed by atoms with Gasteiger partial charge in [-0.05, 0) is 49.2 Å². The van der Waals surface area contributed by atoms with Gasteiger partial charge in [-0.2, -0.15) is 0 Å². The zero-order valence-electron chi connectivity index (χ0n) is 17.6. The Hall–Kier alpha value is -3.13. The molecular formula is C24H21Cl2N5O2. The van der Waals surface area contributed by atoms with Crippen molar-refractivity contribution in [1.29, 1.82) is 0 Å². The van der Waals surface area contributed by atoms with Crippen LogP contribution < -0.4 is 15.8 Å². The van der Waals surface area contributed by atoms with Crippen molar-refractivity contribution in [2.75, 3.05) is 23.3 Å². The van der Waals surface area contributed by atoms with Crippen molar-refractivity contribution < 1.29 is 5.11 Å². The number of nitrogens with zero attached hydrogens (tertiary/aromatic N) is 4. The van der Waals surface area contributed by atoms with E-state index in [1.807, 2.05) is 24.3 Å². The van der Waals surface area contributed by atoms with Gasteiger partial charge in [0, 0.05) is 36.7 Å².